The van der Waals surface area contributed by atoms with E-state index in [1.165, 1.54) is 23.5 Å². The Balaban J connectivity index is 1.64. The van der Waals surface area contributed by atoms with Gasteiger partial charge in [-0.3, -0.25) is 19.7 Å². The number of methoxy groups -OCH3 is 1. The number of hydrogen-bond acceptors (Lipinski definition) is 7. The predicted octanol–water partition coefficient (Wildman–Crippen LogP) is 1.48. The fourth-order valence-electron chi connectivity index (χ4n) is 4.31. The van der Waals surface area contributed by atoms with Crippen molar-refractivity contribution < 1.29 is 27.7 Å². The second kappa shape index (κ2) is 10.5. The Hall–Kier alpha value is -2.73. The van der Waals surface area contributed by atoms with E-state index in [1.807, 2.05) is 6.92 Å². The summed E-state index contributed by atoms with van der Waals surface area (Å²) in [6.07, 6.45) is 2.72. The van der Waals surface area contributed by atoms with Gasteiger partial charge in [-0.25, -0.2) is 8.42 Å². The maximum atomic E-state index is 13.0. The van der Waals surface area contributed by atoms with Gasteiger partial charge >= 0.3 is 5.69 Å². The molecule has 33 heavy (non-hydrogen) atoms. The molecule has 0 aromatic heterocycles. The molecule has 11 nitrogen and oxygen atoms in total. The van der Waals surface area contributed by atoms with Crippen LogP contribution in [0.3, 0.4) is 0 Å². The Kier molecular flexibility index (Phi) is 7.90. The van der Waals surface area contributed by atoms with Gasteiger partial charge in [0.05, 0.1) is 22.8 Å². The van der Waals surface area contributed by atoms with E-state index >= 15 is 0 Å². The van der Waals surface area contributed by atoms with Crippen LogP contribution in [0.25, 0.3) is 0 Å². The number of piperidine rings is 1. The highest BCUT2D eigenvalue weighted by Gasteiger charge is 2.35. The van der Waals surface area contributed by atoms with E-state index in [0.29, 0.717) is 25.9 Å². The first-order valence-corrected chi connectivity index (χ1v) is 12.5. The molecule has 0 saturated carbocycles. The number of amides is 2. The van der Waals surface area contributed by atoms with Crippen molar-refractivity contribution in [2.45, 2.75) is 37.5 Å². The summed E-state index contributed by atoms with van der Waals surface area (Å²) in [6.45, 7) is 3.68. The average Bonchev–Trinajstić information content (AvgIpc) is 2.83. The van der Waals surface area contributed by atoms with Crippen LogP contribution in [0.5, 0.6) is 5.75 Å². The third-order valence-electron chi connectivity index (χ3n) is 6.12. The number of nitro benzene ring substituents is 1. The quantitative estimate of drug-likeness (QED) is 0.425. The van der Waals surface area contributed by atoms with Crippen LogP contribution in [0.2, 0.25) is 0 Å². The lowest BCUT2D eigenvalue weighted by molar-refractivity contribution is -0.386. The van der Waals surface area contributed by atoms with Crippen molar-refractivity contribution in [2.24, 2.45) is 5.92 Å². The smallest absolute Gasteiger partial charge is 0.312 e. The minimum Gasteiger partial charge on any atom is -0.490 e. The number of carbonyl (C=O) groups excluding carboxylic acids is 2. The van der Waals surface area contributed by atoms with E-state index < -0.39 is 20.6 Å². The summed E-state index contributed by atoms with van der Waals surface area (Å²) >= 11 is 0. The Morgan fingerprint density at radius 2 is 1.85 bits per heavy atom. The molecular weight excluding hydrogens is 452 g/mol. The molecule has 12 heteroatoms. The van der Waals surface area contributed by atoms with E-state index in [4.69, 9.17) is 4.74 Å². The maximum absolute atomic E-state index is 13.0. The SMILES string of the molecule is CCCC(=O)N1CCCC(C(=O)N2CCN(S(=O)(=O)c3ccc(OC)c([N+](=O)[O-])c3)CC2)C1. The molecule has 1 unspecified atom stereocenters. The average molecular weight is 483 g/mol. The molecule has 0 N–H and O–H groups in total. The van der Waals surface area contributed by atoms with E-state index in [-0.39, 0.29) is 54.6 Å². The monoisotopic (exact) mass is 482 g/mol. The molecule has 1 aromatic carbocycles. The number of sulfonamides is 1. The van der Waals surface area contributed by atoms with E-state index in [0.717, 1.165) is 18.9 Å². The first-order chi connectivity index (χ1) is 15.7. The molecular formula is C21H30N4O7S. The summed E-state index contributed by atoms with van der Waals surface area (Å²) in [6, 6.07) is 3.54. The summed E-state index contributed by atoms with van der Waals surface area (Å²) in [5, 5.41) is 11.3. The van der Waals surface area contributed by atoms with Gasteiger partial charge in [0.1, 0.15) is 0 Å². The molecule has 2 amide bonds. The van der Waals surface area contributed by atoms with Crippen molar-refractivity contribution in [3.05, 3.63) is 28.3 Å². The zero-order valence-corrected chi connectivity index (χ0v) is 19.8. The molecule has 2 fully saturated rings. The van der Waals surface area contributed by atoms with Crippen molar-refractivity contribution in [1.29, 1.82) is 0 Å². The predicted molar refractivity (Wildman–Crippen MR) is 119 cm³/mol. The van der Waals surface area contributed by atoms with Gasteiger partial charge in [0, 0.05) is 51.8 Å². The lowest BCUT2D eigenvalue weighted by Crippen LogP contribution is -2.54. The van der Waals surface area contributed by atoms with Crippen molar-refractivity contribution in [2.75, 3.05) is 46.4 Å². The fourth-order valence-corrected chi connectivity index (χ4v) is 5.75. The summed E-state index contributed by atoms with van der Waals surface area (Å²) in [5.74, 6) is -0.277. The van der Waals surface area contributed by atoms with Crippen molar-refractivity contribution in [3.63, 3.8) is 0 Å². The highest BCUT2D eigenvalue weighted by Crippen LogP contribution is 2.31. The van der Waals surface area contributed by atoms with Crippen LogP contribution in [-0.2, 0) is 19.6 Å². The van der Waals surface area contributed by atoms with Crippen LogP contribution < -0.4 is 4.74 Å². The lowest BCUT2D eigenvalue weighted by Gasteiger charge is -2.38. The molecule has 0 radical (unpaired) electrons. The molecule has 0 bridgehead atoms. The highest BCUT2D eigenvalue weighted by molar-refractivity contribution is 7.89. The first kappa shape index (κ1) is 24.9. The van der Waals surface area contributed by atoms with Crippen LogP contribution in [0.1, 0.15) is 32.6 Å². The second-order valence-electron chi connectivity index (χ2n) is 8.25. The molecule has 1 atom stereocenters. The topological polar surface area (TPSA) is 130 Å². The van der Waals surface area contributed by atoms with Crippen LogP contribution in [0, 0.1) is 16.0 Å². The third kappa shape index (κ3) is 5.44. The third-order valence-corrected chi connectivity index (χ3v) is 8.02. The molecule has 0 spiro atoms. The molecule has 2 aliphatic rings. The molecule has 0 aliphatic carbocycles. The van der Waals surface area contributed by atoms with Gasteiger partial charge < -0.3 is 14.5 Å². The van der Waals surface area contributed by atoms with Gasteiger partial charge in [0.2, 0.25) is 21.8 Å². The number of benzene rings is 1. The first-order valence-electron chi connectivity index (χ1n) is 11.1. The minimum absolute atomic E-state index is 0.0201. The van der Waals surface area contributed by atoms with Crippen LogP contribution >= 0.6 is 0 Å². The lowest BCUT2D eigenvalue weighted by atomic mass is 9.96. The summed E-state index contributed by atoms with van der Waals surface area (Å²) in [7, 11) is -2.69. The molecule has 182 valence electrons. The van der Waals surface area contributed by atoms with Gasteiger partial charge in [0.15, 0.2) is 5.75 Å². The standard InChI is InChI=1S/C21H30N4O7S/c1-3-5-20(26)23-9-4-6-16(15-23)21(27)22-10-12-24(13-11-22)33(30,31)17-7-8-19(32-2)18(14-17)25(28)29/h7-8,14,16H,3-6,9-13,15H2,1-2H3. The van der Waals surface area contributed by atoms with Crippen molar-refractivity contribution >= 4 is 27.5 Å². The zero-order valence-electron chi connectivity index (χ0n) is 18.9. The summed E-state index contributed by atoms with van der Waals surface area (Å²) in [4.78, 5) is 39.0. The van der Waals surface area contributed by atoms with E-state index in [9.17, 15) is 28.1 Å². The maximum Gasteiger partial charge on any atom is 0.312 e. The number of hydrogen-bond donors (Lipinski definition) is 0. The van der Waals surface area contributed by atoms with Crippen LogP contribution in [0.15, 0.2) is 23.1 Å². The van der Waals surface area contributed by atoms with Gasteiger partial charge in [0.25, 0.3) is 0 Å². The number of piperazine rings is 1. The summed E-state index contributed by atoms with van der Waals surface area (Å²) in [5.41, 5.74) is -0.424. The largest absolute Gasteiger partial charge is 0.490 e. The van der Waals surface area contributed by atoms with Gasteiger partial charge in [-0.2, -0.15) is 4.31 Å². The molecule has 2 aliphatic heterocycles. The van der Waals surface area contributed by atoms with Gasteiger partial charge in [-0.05, 0) is 31.4 Å². The molecule has 3 rings (SSSR count). The molecule has 1 aromatic rings. The number of nitro groups is 1. The number of rotatable bonds is 7. The minimum atomic E-state index is -3.96. The van der Waals surface area contributed by atoms with E-state index in [1.54, 1.807) is 9.80 Å². The Morgan fingerprint density at radius 3 is 2.45 bits per heavy atom. The van der Waals surface area contributed by atoms with E-state index in [2.05, 4.69) is 0 Å². The Morgan fingerprint density at radius 1 is 1.15 bits per heavy atom. The number of ether oxygens (including phenoxy) is 1. The Bertz CT molecular complexity index is 1010. The number of carbonyl (C=O) groups is 2. The van der Waals surface area contributed by atoms with Crippen molar-refractivity contribution in [1.82, 2.24) is 14.1 Å². The molecule has 2 saturated heterocycles. The second-order valence-corrected chi connectivity index (χ2v) is 10.2. The number of nitrogens with zero attached hydrogens (tertiary/aromatic N) is 4. The highest BCUT2D eigenvalue weighted by atomic mass is 32.2. The fraction of sp³-hybridized carbons (Fsp3) is 0.619. The molecule has 2 heterocycles. The summed E-state index contributed by atoms with van der Waals surface area (Å²) < 4.78 is 32.2. The zero-order chi connectivity index (χ0) is 24.2. The van der Waals surface area contributed by atoms with Crippen LogP contribution in [0.4, 0.5) is 5.69 Å². The van der Waals surface area contributed by atoms with Crippen LogP contribution in [-0.4, -0.2) is 85.6 Å². The Labute approximate surface area is 193 Å². The van der Waals surface area contributed by atoms with Crippen molar-refractivity contribution in [3.8, 4) is 5.75 Å². The number of likely N-dealkylation sites (tertiary alicyclic amines) is 1. The normalized spacial score (nSPS) is 19.9. The van der Waals surface area contributed by atoms with Gasteiger partial charge in [-0.15, -0.1) is 0 Å². The van der Waals surface area contributed by atoms with Gasteiger partial charge in [-0.1, -0.05) is 6.92 Å².